The lowest BCUT2D eigenvalue weighted by Gasteiger charge is -2.11. The van der Waals surface area contributed by atoms with Gasteiger partial charge in [-0.25, -0.2) is 14.8 Å². The summed E-state index contributed by atoms with van der Waals surface area (Å²) in [7, 11) is 3.96. The van der Waals surface area contributed by atoms with Gasteiger partial charge in [0.2, 0.25) is 0 Å². The van der Waals surface area contributed by atoms with Crippen LogP contribution in [0.4, 0.5) is 24.7 Å². The quantitative estimate of drug-likeness (QED) is 0.448. The van der Waals surface area contributed by atoms with Gasteiger partial charge in [-0.3, -0.25) is 9.59 Å². The molecule has 0 aliphatic rings. The van der Waals surface area contributed by atoms with Crippen molar-refractivity contribution >= 4 is 29.3 Å². The molecule has 2 aromatic heterocycles. The van der Waals surface area contributed by atoms with Crippen LogP contribution in [0.1, 0.15) is 17.0 Å². The molecule has 192 valence electrons. The van der Waals surface area contributed by atoms with Crippen LogP contribution in [-0.2, 0) is 20.9 Å². The van der Waals surface area contributed by atoms with E-state index in [1.54, 1.807) is 18.2 Å². The summed E-state index contributed by atoms with van der Waals surface area (Å²) >= 11 is 0. The molecule has 2 heterocycles. The molecule has 0 atom stereocenters. The fourth-order valence-electron chi connectivity index (χ4n) is 2.78. The number of benzene rings is 1. The minimum absolute atomic E-state index is 0.302. The SMILES string of the molecule is Cc1cc(C)nc(-n2nccc2NC(=O)C(=O)Nc2ccc(CN(C)C)cc2)n1.O=C(O)C(F)(F)F. The van der Waals surface area contributed by atoms with Crippen molar-refractivity contribution in [3.8, 4) is 5.95 Å². The molecule has 3 rings (SSSR count). The van der Waals surface area contributed by atoms with E-state index in [4.69, 9.17) is 9.90 Å². The van der Waals surface area contributed by atoms with Crippen LogP contribution in [0.15, 0.2) is 42.6 Å². The Bertz CT molecular complexity index is 1200. The molecule has 36 heavy (non-hydrogen) atoms. The number of amides is 2. The van der Waals surface area contributed by atoms with E-state index >= 15 is 0 Å². The van der Waals surface area contributed by atoms with Gasteiger partial charge in [-0.15, -0.1) is 0 Å². The van der Waals surface area contributed by atoms with E-state index in [9.17, 15) is 22.8 Å². The van der Waals surface area contributed by atoms with E-state index in [1.807, 2.05) is 51.0 Å². The number of aryl methyl sites for hydroxylation is 2. The van der Waals surface area contributed by atoms with Crippen LogP contribution in [0.3, 0.4) is 0 Å². The highest BCUT2D eigenvalue weighted by molar-refractivity contribution is 6.43. The van der Waals surface area contributed by atoms with Crippen molar-refractivity contribution in [2.75, 3.05) is 24.7 Å². The Balaban J connectivity index is 0.000000572. The number of carbonyl (C=O) groups excluding carboxylic acids is 2. The molecule has 2 amide bonds. The first kappa shape index (κ1) is 27.9. The third kappa shape index (κ3) is 8.47. The first-order valence-electron chi connectivity index (χ1n) is 10.3. The Labute approximate surface area is 204 Å². The fraction of sp³-hybridized carbons (Fsp3) is 0.273. The minimum Gasteiger partial charge on any atom is -0.475 e. The van der Waals surface area contributed by atoms with Gasteiger partial charge in [0.15, 0.2) is 0 Å². The fourth-order valence-corrected chi connectivity index (χ4v) is 2.78. The van der Waals surface area contributed by atoms with Crippen LogP contribution in [0, 0.1) is 13.8 Å². The van der Waals surface area contributed by atoms with Crippen LogP contribution in [0.25, 0.3) is 5.95 Å². The summed E-state index contributed by atoms with van der Waals surface area (Å²) < 4.78 is 33.1. The standard InChI is InChI=1S/C20H23N7O2.C2HF3O2/c1-13-11-14(2)23-20(22-13)27-17(9-10-21-27)25-19(29)18(28)24-16-7-5-15(6-8-16)12-26(3)4;3-2(4,5)1(6)7/h5-11H,12H2,1-4H3,(H,24,28)(H,25,29);(H,6,7). The Morgan fingerprint density at radius 3 is 2.00 bits per heavy atom. The third-order valence-corrected chi connectivity index (χ3v) is 4.20. The minimum atomic E-state index is -5.08. The van der Waals surface area contributed by atoms with Crippen molar-refractivity contribution in [1.29, 1.82) is 0 Å². The second-order valence-corrected chi connectivity index (χ2v) is 7.72. The highest BCUT2D eigenvalue weighted by Crippen LogP contribution is 2.14. The molecule has 0 saturated carbocycles. The zero-order valence-electron chi connectivity index (χ0n) is 19.8. The zero-order chi connectivity index (χ0) is 27.0. The maximum absolute atomic E-state index is 12.3. The number of aromatic nitrogens is 4. The normalized spacial score (nSPS) is 10.9. The maximum Gasteiger partial charge on any atom is 0.490 e. The monoisotopic (exact) mass is 507 g/mol. The van der Waals surface area contributed by atoms with E-state index in [0.717, 1.165) is 23.5 Å². The number of hydrogen-bond donors (Lipinski definition) is 3. The molecule has 0 saturated heterocycles. The van der Waals surface area contributed by atoms with Gasteiger partial charge in [-0.2, -0.15) is 23.0 Å². The van der Waals surface area contributed by atoms with Gasteiger partial charge >= 0.3 is 24.0 Å². The first-order valence-corrected chi connectivity index (χ1v) is 10.3. The Morgan fingerprint density at radius 2 is 1.50 bits per heavy atom. The highest BCUT2D eigenvalue weighted by atomic mass is 19.4. The van der Waals surface area contributed by atoms with Crippen molar-refractivity contribution in [3.05, 3.63) is 59.5 Å². The van der Waals surface area contributed by atoms with E-state index in [0.29, 0.717) is 17.5 Å². The largest absolute Gasteiger partial charge is 0.490 e. The van der Waals surface area contributed by atoms with E-state index in [-0.39, 0.29) is 0 Å². The summed E-state index contributed by atoms with van der Waals surface area (Å²) in [6.07, 6.45) is -3.59. The van der Waals surface area contributed by atoms with Gasteiger partial charge in [0.25, 0.3) is 5.95 Å². The number of rotatable bonds is 5. The molecule has 11 nitrogen and oxygen atoms in total. The number of alkyl halides is 3. The topological polar surface area (TPSA) is 142 Å². The number of anilines is 2. The molecule has 0 radical (unpaired) electrons. The van der Waals surface area contributed by atoms with Crippen molar-refractivity contribution in [2.45, 2.75) is 26.6 Å². The summed E-state index contributed by atoms with van der Waals surface area (Å²) in [6.45, 7) is 4.48. The predicted octanol–water partition coefficient (Wildman–Crippen LogP) is 2.55. The average Bonchev–Trinajstić information content (AvgIpc) is 3.22. The Kier molecular flexibility index (Phi) is 9.21. The van der Waals surface area contributed by atoms with Crippen molar-refractivity contribution < 1.29 is 32.7 Å². The van der Waals surface area contributed by atoms with Crippen molar-refractivity contribution in [3.63, 3.8) is 0 Å². The second-order valence-electron chi connectivity index (χ2n) is 7.72. The average molecular weight is 507 g/mol. The summed E-state index contributed by atoms with van der Waals surface area (Å²) in [5, 5.41) is 16.4. The zero-order valence-corrected chi connectivity index (χ0v) is 19.8. The molecule has 0 bridgehead atoms. The lowest BCUT2D eigenvalue weighted by Crippen LogP contribution is -2.30. The molecule has 3 N–H and O–H groups in total. The highest BCUT2D eigenvalue weighted by Gasteiger charge is 2.38. The molecule has 0 aliphatic heterocycles. The van der Waals surface area contributed by atoms with Gasteiger partial charge in [-0.05, 0) is 51.7 Å². The molecule has 0 spiro atoms. The van der Waals surface area contributed by atoms with Crippen LogP contribution in [0.2, 0.25) is 0 Å². The van der Waals surface area contributed by atoms with Gasteiger partial charge < -0.3 is 20.6 Å². The lowest BCUT2D eigenvalue weighted by atomic mass is 10.2. The predicted molar refractivity (Wildman–Crippen MR) is 123 cm³/mol. The molecule has 0 unspecified atom stereocenters. The molecular formula is C22H24F3N7O4. The first-order chi connectivity index (χ1) is 16.8. The lowest BCUT2D eigenvalue weighted by molar-refractivity contribution is -0.192. The number of nitrogens with one attached hydrogen (secondary N) is 2. The van der Waals surface area contributed by atoms with Crippen LogP contribution < -0.4 is 10.6 Å². The number of hydrogen-bond acceptors (Lipinski definition) is 7. The number of nitrogens with zero attached hydrogens (tertiary/aromatic N) is 5. The van der Waals surface area contributed by atoms with Gasteiger partial charge in [0.05, 0.1) is 6.20 Å². The van der Waals surface area contributed by atoms with Gasteiger partial charge in [0, 0.05) is 29.7 Å². The van der Waals surface area contributed by atoms with E-state index in [1.165, 1.54) is 10.9 Å². The van der Waals surface area contributed by atoms with Crippen LogP contribution in [-0.4, -0.2) is 67.8 Å². The second kappa shape index (κ2) is 11.9. The molecular weight excluding hydrogens is 483 g/mol. The summed E-state index contributed by atoms with van der Waals surface area (Å²) in [5.74, 6) is -3.73. The van der Waals surface area contributed by atoms with Crippen LogP contribution >= 0.6 is 0 Å². The number of carbonyl (C=O) groups is 3. The molecule has 0 fully saturated rings. The molecule has 3 aromatic rings. The van der Waals surface area contributed by atoms with Crippen molar-refractivity contribution in [2.24, 2.45) is 0 Å². The van der Waals surface area contributed by atoms with Gasteiger partial charge in [0.1, 0.15) is 5.82 Å². The van der Waals surface area contributed by atoms with E-state index < -0.39 is 24.0 Å². The van der Waals surface area contributed by atoms with Crippen molar-refractivity contribution in [1.82, 2.24) is 24.6 Å². The number of aliphatic carboxylic acids is 1. The van der Waals surface area contributed by atoms with E-state index in [2.05, 4.69) is 25.7 Å². The molecule has 1 aromatic carbocycles. The van der Waals surface area contributed by atoms with Crippen LogP contribution in [0.5, 0.6) is 0 Å². The Hall–Kier alpha value is -4.33. The number of halogens is 3. The summed E-state index contributed by atoms with van der Waals surface area (Å²) in [6, 6.07) is 10.7. The van der Waals surface area contributed by atoms with Gasteiger partial charge in [-0.1, -0.05) is 12.1 Å². The Morgan fingerprint density at radius 1 is 0.972 bits per heavy atom. The number of carboxylic acid groups (broad SMARTS) is 1. The molecule has 0 aliphatic carbocycles. The summed E-state index contributed by atoms with van der Waals surface area (Å²) in [4.78, 5) is 44.2. The summed E-state index contributed by atoms with van der Waals surface area (Å²) in [5.41, 5.74) is 3.19. The smallest absolute Gasteiger partial charge is 0.475 e. The molecule has 14 heteroatoms. The number of carboxylic acids is 1. The third-order valence-electron chi connectivity index (χ3n) is 4.20. The maximum atomic E-state index is 12.3.